The summed E-state index contributed by atoms with van der Waals surface area (Å²) in [6, 6.07) is -0.229. The van der Waals surface area contributed by atoms with Crippen LogP contribution in [0.3, 0.4) is 0 Å². The Balaban J connectivity index is 2.31. The van der Waals surface area contributed by atoms with Gasteiger partial charge in [-0.3, -0.25) is 9.59 Å². The van der Waals surface area contributed by atoms with Crippen LogP contribution in [0.25, 0.3) is 0 Å². The lowest BCUT2D eigenvalue weighted by molar-refractivity contribution is -0.133. The first-order valence-corrected chi connectivity index (χ1v) is 6.41. The minimum absolute atomic E-state index is 0.136. The zero-order chi connectivity index (χ0) is 12.7. The number of hydrogen-bond donors (Lipinski definition) is 2. The molecule has 1 unspecified atom stereocenters. The highest BCUT2D eigenvalue weighted by atomic mass is 16.2. The number of carbonyl (C=O) groups is 2. The van der Waals surface area contributed by atoms with Crippen LogP contribution in [0.4, 0.5) is 0 Å². The third-order valence-electron chi connectivity index (χ3n) is 3.11. The molecule has 2 amide bonds. The Bertz CT molecular complexity index is 260. The van der Waals surface area contributed by atoms with E-state index in [0.717, 1.165) is 25.9 Å². The number of nitrogens with two attached hydrogens (primary N) is 1. The van der Waals surface area contributed by atoms with Gasteiger partial charge in [-0.25, -0.2) is 0 Å². The molecule has 1 aliphatic heterocycles. The molecule has 5 nitrogen and oxygen atoms in total. The van der Waals surface area contributed by atoms with Crippen LogP contribution in [0.15, 0.2) is 0 Å². The summed E-state index contributed by atoms with van der Waals surface area (Å²) >= 11 is 0. The van der Waals surface area contributed by atoms with Gasteiger partial charge in [0, 0.05) is 26.1 Å². The summed E-state index contributed by atoms with van der Waals surface area (Å²) in [6.07, 6.45) is 4.90. The van der Waals surface area contributed by atoms with Crippen LogP contribution in [-0.4, -0.2) is 42.4 Å². The quantitative estimate of drug-likeness (QED) is 0.724. The standard InChI is InChI=1S/C12H23N3O2/c1-10(14-7-6-11(13)16)12(17)15-8-4-2-3-5-9-15/h10,14H,2-9H2,1H3,(H2,13,16). The van der Waals surface area contributed by atoms with E-state index in [-0.39, 0.29) is 24.3 Å². The summed E-state index contributed by atoms with van der Waals surface area (Å²) in [5, 5.41) is 3.04. The first-order chi connectivity index (χ1) is 8.11. The lowest BCUT2D eigenvalue weighted by Gasteiger charge is -2.24. The zero-order valence-electron chi connectivity index (χ0n) is 10.6. The summed E-state index contributed by atoms with van der Waals surface area (Å²) in [6.45, 7) is 4.03. The molecule has 3 N–H and O–H groups in total. The lowest BCUT2D eigenvalue weighted by Crippen LogP contribution is -2.45. The van der Waals surface area contributed by atoms with Crippen LogP contribution < -0.4 is 11.1 Å². The summed E-state index contributed by atoms with van der Waals surface area (Å²) in [5.74, 6) is -0.205. The molecular weight excluding hydrogens is 218 g/mol. The second-order valence-corrected chi connectivity index (χ2v) is 4.63. The van der Waals surface area contributed by atoms with Crippen LogP contribution in [0, 0.1) is 0 Å². The minimum atomic E-state index is -0.341. The van der Waals surface area contributed by atoms with Crippen LogP contribution in [0.5, 0.6) is 0 Å². The van der Waals surface area contributed by atoms with Crippen LogP contribution in [-0.2, 0) is 9.59 Å². The number of hydrogen-bond acceptors (Lipinski definition) is 3. The fourth-order valence-corrected chi connectivity index (χ4v) is 2.06. The van der Waals surface area contributed by atoms with Crippen LogP contribution in [0.2, 0.25) is 0 Å². The number of rotatable bonds is 5. The predicted octanol–water partition coefficient (Wildman–Crippen LogP) is 0.242. The van der Waals surface area contributed by atoms with Gasteiger partial charge in [-0.05, 0) is 19.8 Å². The highest BCUT2D eigenvalue weighted by molar-refractivity contribution is 5.81. The molecule has 1 rings (SSSR count). The number of nitrogens with one attached hydrogen (secondary N) is 1. The summed E-state index contributed by atoms with van der Waals surface area (Å²) in [4.78, 5) is 24.6. The average molecular weight is 241 g/mol. The van der Waals surface area contributed by atoms with E-state index in [9.17, 15) is 9.59 Å². The molecule has 1 saturated heterocycles. The Kier molecular flexibility index (Phi) is 5.97. The van der Waals surface area contributed by atoms with Gasteiger partial charge in [0.2, 0.25) is 11.8 Å². The molecule has 0 aromatic carbocycles. The number of likely N-dealkylation sites (tertiary alicyclic amines) is 1. The topological polar surface area (TPSA) is 75.4 Å². The number of primary amides is 1. The molecule has 1 atom stereocenters. The van der Waals surface area contributed by atoms with Gasteiger partial charge in [0.1, 0.15) is 0 Å². The Morgan fingerprint density at radius 2 is 1.82 bits per heavy atom. The average Bonchev–Trinajstić information content (AvgIpc) is 2.55. The van der Waals surface area contributed by atoms with E-state index in [4.69, 9.17) is 5.73 Å². The highest BCUT2D eigenvalue weighted by Gasteiger charge is 2.20. The van der Waals surface area contributed by atoms with Crippen molar-refractivity contribution >= 4 is 11.8 Å². The fourth-order valence-electron chi connectivity index (χ4n) is 2.06. The Labute approximate surface area is 103 Å². The van der Waals surface area contributed by atoms with Crippen molar-refractivity contribution in [2.24, 2.45) is 5.73 Å². The molecule has 0 bridgehead atoms. The molecule has 1 heterocycles. The Morgan fingerprint density at radius 1 is 1.24 bits per heavy atom. The highest BCUT2D eigenvalue weighted by Crippen LogP contribution is 2.10. The lowest BCUT2D eigenvalue weighted by atomic mass is 10.2. The minimum Gasteiger partial charge on any atom is -0.370 e. The molecule has 17 heavy (non-hydrogen) atoms. The SMILES string of the molecule is CC(NCCC(N)=O)C(=O)N1CCCCCC1. The summed E-state index contributed by atoms with van der Waals surface area (Å²) < 4.78 is 0. The van der Waals surface area contributed by atoms with Gasteiger partial charge in [0.25, 0.3) is 0 Å². The van der Waals surface area contributed by atoms with Gasteiger partial charge < -0.3 is 16.0 Å². The number of carbonyl (C=O) groups excluding carboxylic acids is 2. The molecule has 0 saturated carbocycles. The first kappa shape index (κ1) is 14.0. The Morgan fingerprint density at radius 3 is 2.35 bits per heavy atom. The molecule has 0 radical (unpaired) electrons. The van der Waals surface area contributed by atoms with Gasteiger partial charge in [0.05, 0.1) is 6.04 Å². The van der Waals surface area contributed by atoms with Crippen molar-refractivity contribution in [1.82, 2.24) is 10.2 Å². The number of nitrogens with zero attached hydrogens (tertiary/aromatic N) is 1. The fraction of sp³-hybridized carbons (Fsp3) is 0.833. The van der Waals surface area contributed by atoms with Crippen molar-refractivity contribution in [1.29, 1.82) is 0 Å². The van der Waals surface area contributed by atoms with Crippen molar-refractivity contribution in [2.75, 3.05) is 19.6 Å². The first-order valence-electron chi connectivity index (χ1n) is 6.41. The van der Waals surface area contributed by atoms with E-state index in [1.807, 2.05) is 11.8 Å². The second-order valence-electron chi connectivity index (χ2n) is 4.63. The molecule has 1 aliphatic rings. The third-order valence-corrected chi connectivity index (χ3v) is 3.11. The molecule has 0 aliphatic carbocycles. The molecule has 5 heteroatoms. The van der Waals surface area contributed by atoms with Crippen molar-refractivity contribution in [3.63, 3.8) is 0 Å². The van der Waals surface area contributed by atoms with Gasteiger partial charge >= 0.3 is 0 Å². The van der Waals surface area contributed by atoms with E-state index in [0.29, 0.717) is 6.54 Å². The van der Waals surface area contributed by atoms with Crippen molar-refractivity contribution < 1.29 is 9.59 Å². The molecule has 0 spiro atoms. The van der Waals surface area contributed by atoms with Crippen LogP contribution >= 0.6 is 0 Å². The summed E-state index contributed by atoms with van der Waals surface area (Å²) in [5.41, 5.74) is 5.04. The van der Waals surface area contributed by atoms with E-state index < -0.39 is 0 Å². The third kappa shape index (κ3) is 5.17. The van der Waals surface area contributed by atoms with E-state index in [1.54, 1.807) is 0 Å². The largest absolute Gasteiger partial charge is 0.370 e. The molecule has 0 aromatic rings. The van der Waals surface area contributed by atoms with Crippen molar-refractivity contribution in [3.8, 4) is 0 Å². The van der Waals surface area contributed by atoms with E-state index in [1.165, 1.54) is 12.8 Å². The van der Waals surface area contributed by atoms with Crippen LogP contribution in [0.1, 0.15) is 39.0 Å². The van der Waals surface area contributed by atoms with Gasteiger partial charge in [-0.15, -0.1) is 0 Å². The number of amides is 2. The molecule has 0 aromatic heterocycles. The normalized spacial score (nSPS) is 18.5. The maximum Gasteiger partial charge on any atom is 0.239 e. The molecule has 98 valence electrons. The second kappa shape index (κ2) is 7.27. The van der Waals surface area contributed by atoms with Crippen molar-refractivity contribution in [3.05, 3.63) is 0 Å². The summed E-state index contributed by atoms with van der Waals surface area (Å²) in [7, 11) is 0. The van der Waals surface area contributed by atoms with Gasteiger partial charge in [-0.2, -0.15) is 0 Å². The smallest absolute Gasteiger partial charge is 0.239 e. The monoisotopic (exact) mass is 241 g/mol. The maximum atomic E-state index is 12.1. The Hall–Kier alpha value is -1.10. The van der Waals surface area contributed by atoms with E-state index >= 15 is 0 Å². The van der Waals surface area contributed by atoms with E-state index in [2.05, 4.69) is 5.32 Å². The maximum absolute atomic E-state index is 12.1. The van der Waals surface area contributed by atoms with Crippen molar-refractivity contribution in [2.45, 2.75) is 45.1 Å². The van der Waals surface area contributed by atoms with Gasteiger partial charge in [-0.1, -0.05) is 12.8 Å². The zero-order valence-corrected chi connectivity index (χ0v) is 10.6. The molecular formula is C12H23N3O2. The van der Waals surface area contributed by atoms with Gasteiger partial charge in [0.15, 0.2) is 0 Å². The predicted molar refractivity (Wildman–Crippen MR) is 66.3 cm³/mol. The molecule has 1 fully saturated rings.